The first-order valence-electron chi connectivity index (χ1n) is 10.4. The van der Waals surface area contributed by atoms with Crippen molar-refractivity contribution in [3.8, 4) is 5.75 Å². The second-order valence-electron chi connectivity index (χ2n) is 7.75. The summed E-state index contributed by atoms with van der Waals surface area (Å²) >= 11 is 6.25. The van der Waals surface area contributed by atoms with Crippen molar-refractivity contribution in [2.75, 3.05) is 43.9 Å². The van der Waals surface area contributed by atoms with Crippen LogP contribution in [0.5, 0.6) is 5.75 Å². The van der Waals surface area contributed by atoms with Crippen LogP contribution in [0.15, 0.2) is 42.5 Å². The van der Waals surface area contributed by atoms with Crippen LogP contribution in [0.3, 0.4) is 0 Å². The van der Waals surface area contributed by atoms with Gasteiger partial charge in [0.1, 0.15) is 17.4 Å². The van der Waals surface area contributed by atoms with E-state index in [1.165, 1.54) is 5.69 Å². The predicted octanol–water partition coefficient (Wildman–Crippen LogP) is 3.34. The van der Waals surface area contributed by atoms with Crippen molar-refractivity contribution in [1.29, 1.82) is 0 Å². The van der Waals surface area contributed by atoms with Crippen LogP contribution in [0, 0.1) is 6.92 Å². The van der Waals surface area contributed by atoms with Gasteiger partial charge in [-0.25, -0.2) is 4.98 Å². The van der Waals surface area contributed by atoms with Crippen molar-refractivity contribution >= 4 is 23.2 Å². The SMILES string of the molecule is COc1cccc(N2CCN(Cc3nc(N)nc(Cc4ccc(C)c(Cl)c4)n3)CC2)c1. The monoisotopic (exact) mass is 438 g/mol. The highest BCUT2D eigenvalue weighted by atomic mass is 35.5. The van der Waals surface area contributed by atoms with E-state index in [0.29, 0.717) is 24.6 Å². The van der Waals surface area contributed by atoms with E-state index in [-0.39, 0.29) is 5.95 Å². The molecule has 0 aliphatic carbocycles. The summed E-state index contributed by atoms with van der Waals surface area (Å²) in [5.41, 5.74) is 9.26. The van der Waals surface area contributed by atoms with Gasteiger partial charge in [-0.1, -0.05) is 29.8 Å². The van der Waals surface area contributed by atoms with Gasteiger partial charge in [0, 0.05) is 49.4 Å². The summed E-state index contributed by atoms with van der Waals surface area (Å²) in [7, 11) is 1.69. The highest BCUT2D eigenvalue weighted by Crippen LogP contribution is 2.22. The lowest BCUT2D eigenvalue weighted by atomic mass is 10.1. The van der Waals surface area contributed by atoms with Crippen molar-refractivity contribution in [3.05, 3.63) is 70.3 Å². The average Bonchev–Trinajstić information content (AvgIpc) is 2.76. The average molecular weight is 439 g/mol. The van der Waals surface area contributed by atoms with E-state index in [4.69, 9.17) is 22.1 Å². The van der Waals surface area contributed by atoms with Crippen molar-refractivity contribution in [2.45, 2.75) is 19.9 Å². The molecule has 0 spiro atoms. The molecule has 8 heteroatoms. The van der Waals surface area contributed by atoms with Gasteiger partial charge in [0.25, 0.3) is 0 Å². The number of piperazine rings is 1. The molecular formula is C23H27ClN6O. The van der Waals surface area contributed by atoms with Gasteiger partial charge in [0.2, 0.25) is 5.95 Å². The summed E-state index contributed by atoms with van der Waals surface area (Å²) in [5.74, 6) is 2.50. The molecule has 0 amide bonds. The highest BCUT2D eigenvalue weighted by Gasteiger charge is 2.19. The summed E-state index contributed by atoms with van der Waals surface area (Å²) in [6.07, 6.45) is 0.573. The Morgan fingerprint density at radius 2 is 1.77 bits per heavy atom. The van der Waals surface area contributed by atoms with Crippen LogP contribution >= 0.6 is 11.6 Å². The van der Waals surface area contributed by atoms with Gasteiger partial charge < -0.3 is 15.4 Å². The van der Waals surface area contributed by atoms with Gasteiger partial charge in [0.15, 0.2) is 0 Å². The Labute approximate surface area is 187 Å². The summed E-state index contributed by atoms with van der Waals surface area (Å²) in [6, 6.07) is 14.2. The fourth-order valence-corrected chi connectivity index (χ4v) is 3.94. The summed E-state index contributed by atoms with van der Waals surface area (Å²) in [6.45, 7) is 6.35. The standard InChI is InChI=1S/C23H27ClN6O/c1-16-6-7-17(12-20(16)24)13-21-26-22(28-23(25)27-21)15-29-8-10-30(11-9-29)18-4-3-5-19(14-18)31-2/h3-7,12,14H,8-11,13,15H2,1-2H3,(H2,25,26,27,28). The molecule has 0 saturated carbocycles. The second kappa shape index (κ2) is 9.49. The third-order valence-corrected chi connectivity index (χ3v) is 5.91. The molecule has 1 fully saturated rings. The number of nitrogens with zero attached hydrogens (tertiary/aromatic N) is 5. The van der Waals surface area contributed by atoms with Crippen LogP contribution in [0.2, 0.25) is 5.02 Å². The number of methoxy groups -OCH3 is 1. The third-order valence-electron chi connectivity index (χ3n) is 5.50. The first kappa shape index (κ1) is 21.3. The zero-order valence-electron chi connectivity index (χ0n) is 17.9. The number of aromatic nitrogens is 3. The molecule has 0 atom stereocenters. The lowest BCUT2D eigenvalue weighted by Crippen LogP contribution is -2.46. The molecule has 162 valence electrons. The number of hydrogen-bond acceptors (Lipinski definition) is 7. The zero-order valence-corrected chi connectivity index (χ0v) is 18.6. The molecule has 0 bridgehead atoms. The molecule has 1 aliphatic heterocycles. The minimum absolute atomic E-state index is 0.258. The molecule has 0 radical (unpaired) electrons. The fraction of sp³-hybridized carbons (Fsp3) is 0.348. The van der Waals surface area contributed by atoms with Crippen LogP contribution in [-0.4, -0.2) is 53.1 Å². The van der Waals surface area contributed by atoms with Crippen LogP contribution in [0.4, 0.5) is 11.6 Å². The van der Waals surface area contributed by atoms with E-state index in [2.05, 4.69) is 36.9 Å². The van der Waals surface area contributed by atoms with Gasteiger partial charge in [-0.2, -0.15) is 9.97 Å². The number of anilines is 2. The summed E-state index contributed by atoms with van der Waals surface area (Å²) in [4.78, 5) is 18.0. The van der Waals surface area contributed by atoms with E-state index in [1.54, 1.807) is 7.11 Å². The van der Waals surface area contributed by atoms with Crippen LogP contribution in [0.25, 0.3) is 0 Å². The van der Waals surface area contributed by atoms with Crippen molar-refractivity contribution in [3.63, 3.8) is 0 Å². The lowest BCUT2D eigenvalue weighted by Gasteiger charge is -2.35. The Morgan fingerprint density at radius 1 is 1.00 bits per heavy atom. The molecule has 31 heavy (non-hydrogen) atoms. The number of ether oxygens (including phenoxy) is 1. The largest absolute Gasteiger partial charge is 0.497 e. The molecular weight excluding hydrogens is 412 g/mol. The molecule has 3 aromatic rings. The minimum atomic E-state index is 0.258. The number of benzene rings is 2. The van der Waals surface area contributed by atoms with Gasteiger partial charge in [-0.3, -0.25) is 4.90 Å². The first-order valence-corrected chi connectivity index (χ1v) is 10.7. The number of nitrogens with two attached hydrogens (primary N) is 1. The van der Waals surface area contributed by atoms with E-state index in [0.717, 1.165) is 48.1 Å². The summed E-state index contributed by atoms with van der Waals surface area (Å²) < 4.78 is 5.34. The molecule has 4 rings (SSSR count). The smallest absolute Gasteiger partial charge is 0.223 e. The Kier molecular flexibility index (Phi) is 6.53. The van der Waals surface area contributed by atoms with E-state index in [9.17, 15) is 0 Å². The molecule has 2 heterocycles. The highest BCUT2D eigenvalue weighted by molar-refractivity contribution is 6.31. The second-order valence-corrected chi connectivity index (χ2v) is 8.16. The predicted molar refractivity (Wildman–Crippen MR) is 124 cm³/mol. The van der Waals surface area contributed by atoms with Gasteiger partial charge >= 0.3 is 0 Å². The summed E-state index contributed by atoms with van der Waals surface area (Å²) in [5, 5.41) is 0.744. The maximum Gasteiger partial charge on any atom is 0.223 e. The van der Waals surface area contributed by atoms with Crippen molar-refractivity contribution in [1.82, 2.24) is 19.9 Å². The van der Waals surface area contributed by atoms with Crippen molar-refractivity contribution < 1.29 is 4.74 Å². The van der Waals surface area contributed by atoms with Gasteiger partial charge in [0.05, 0.1) is 13.7 Å². The number of aryl methyl sites for hydroxylation is 1. The normalized spacial score (nSPS) is 14.6. The van der Waals surface area contributed by atoms with Crippen LogP contribution < -0.4 is 15.4 Å². The van der Waals surface area contributed by atoms with Crippen LogP contribution in [0.1, 0.15) is 22.8 Å². The lowest BCUT2D eigenvalue weighted by molar-refractivity contribution is 0.243. The molecule has 1 aliphatic rings. The van der Waals surface area contributed by atoms with Crippen LogP contribution in [-0.2, 0) is 13.0 Å². The Hall–Kier alpha value is -2.90. The third kappa shape index (κ3) is 5.42. The van der Waals surface area contributed by atoms with Gasteiger partial charge in [-0.05, 0) is 36.2 Å². The first-order chi connectivity index (χ1) is 15.0. The molecule has 2 N–H and O–H groups in total. The number of halogens is 1. The molecule has 1 saturated heterocycles. The molecule has 7 nitrogen and oxygen atoms in total. The molecule has 2 aromatic carbocycles. The zero-order chi connectivity index (χ0) is 21.8. The Morgan fingerprint density at radius 3 is 2.52 bits per heavy atom. The Balaban J connectivity index is 1.39. The Bertz CT molecular complexity index is 1050. The van der Waals surface area contributed by atoms with Gasteiger partial charge in [-0.15, -0.1) is 0 Å². The van der Waals surface area contributed by atoms with E-state index < -0.39 is 0 Å². The number of nitrogen functional groups attached to an aromatic ring is 1. The maximum absolute atomic E-state index is 6.25. The minimum Gasteiger partial charge on any atom is -0.497 e. The van der Waals surface area contributed by atoms with Crippen molar-refractivity contribution in [2.24, 2.45) is 0 Å². The maximum atomic E-state index is 6.25. The van der Waals surface area contributed by atoms with E-state index >= 15 is 0 Å². The quantitative estimate of drug-likeness (QED) is 0.632. The fourth-order valence-electron chi connectivity index (χ4n) is 3.74. The topological polar surface area (TPSA) is 80.4 Å². The number of rotatable bonds is 6. The molecule has 1 aromatic heterocycles. The molecule has 0 unspecified atom stereocenters. The number of hydrogen-bond donors (Lipinski definition) is 1. The van der Waals surface area contributed by atoms with E-state index in [1.807, 2.05) is 37.3 Å².